The first-order valence-corrected chi connectivity index (χ1v) is 7.00. The highest BCUT2D eigenvalue weighted by molar-refractivity contribution is 6.02. The second kappa shape index (κ2) is 3.95. The molecule has 3 heterocycles. The molecule has 0 saturated carbocycles. The summed E-state index contributed by atoms with van der Waals surface area (Å²) >= 11 is 0. The molecule has 1 amide bonds. The van der Waals surface area contributed by atoms with Gasteiger partial charge in [0.2, 0.25) is 5.91 Å². The number of fused-ring (bicyclic) bond motifs is 1. The van der Waals surface area contributed by atoms with Gasteiger partial charge >= 0.3 is 5.97 Å². The minimum Gasteiger partial charge on any atom is -0.481 e. The van der Waals surface area contributed by atoms with Gasteiger partial charge in [0.05, 0.1) is 18.6 Å². The molecule has 0 aromatic heterocycles. The Balaban J connectivity index is 1.75. The second-order valence-electron chi connectivity index (χ2n) is 6.00. The fourth-order valence-electron chi connectivity index (χ4n) is 3.79. The third kappa shape index (κ3) is 1.55. The maximum atomic E-state index is 12.7. The predicted octanol–water partition coefficient (Wildman–Crippen LogP) is 1.37. The molecule has 0 unspecified atom stereocenters. The highest BCUT2D eigenvalue weighted by Crippen LogP contribution is 2.52. The van der Waals surface area contributed by atoms with Gasteiger partial charge in [0, 0.05) is 5.69 Å². The molecular formula is C16H15NO4. The first-order chi connectivity index (χ1) is 10.0. The third-order valence-corrected chi connectivity index (χ3v) is 4.70. The van der Waals surface area contributed by atoms with Crippen molar-refractivity contribution in [2.24, 2.45) is 11.8 Å². The highest BCUT2D eigenvalue weighted by atomic mass is 16.5. The molecule has 0 radical (unpaired) electrons. The van der Waals surface area contributed by atoms with Crippen molar-refractivity contribution in [3.05, 3.63) is 42.0 Å². The van der Waals surface area contributed by atoms with E-state index in [2.05, 4.69) is 0 Å². The van der Waals surface area contributed by atoms with Crippen LogP contribution in [0.4, 0.5) is 5.69 Å². The van der Waals surface area contributed by atoms with Gasteiger partial charge in [-0.15, -0.1) is 0 Å². The maximum absolute atomic E-state index is 12.7. The summed E-state index contributed by atoms with van der Waals surface area (Å²) < 4.78 is 5.86. The molecule has 21 heavy (non-hydrogen) atoms. The van der Waals surface area contributed by atoms with Gasteiger partial charge in [-0.05, 0) is 24.6 Å². The van der Waals surface area contributed by atoms with Gasteiger partial charge in [0.1, 0.15) is 11.5 Å². The van der Waals surface area contributed by atoms with Crippen LogP contribution in [0.15, 0.2) is 36.4 Å². The van der Waals surface area contributed by atoms with Crippen LogP contribution in [-0.2, 0) is 14.3 Å². The van der Waals surface area contributed by atoms with Crippen molar-refractivity contribution in [2.75, 3.05) is 11.4 Å². The van der Waals surface area contributed by atoms with Crippen LogP contribution in [-0.4, -0.2) is 35.2 Å². The van der Waals surface area contributed by atoms with Gasteiger partial charge < -0.3 is 14.7 Å². The lowest BCUT2D eigenvalue weighted by Gasteiger charge is -2.21. The summed E-state index contributed by atoms with van der Waals surface area (Å²) in [7, 11) is 0. The number of nitrogens with zero attached hydrogens (tertiary/aromatic N) is 1. The first-order valence-electron chi connectivity index (χ1n) is 7.00. The molecule has 1 aromatic carbocycles. The number of carboxylic acids is 1. The van der Waals surface area contributed by atoms with Gasteiger partial charge in [-0.25, -0.2) is 0 Å². The van der Waals surface area contributed by atoms with Gasteiger partial charge in [-0.3, -0.25) is 9.59 Å². The number of benzene rings is 1. The van der Waals surface area contributed by atoms with Crippen molar-refractivity contribution in [1.29, 1.82) is 0 Å². The number of aryl methyl sites for hydroxylation is 1. The lowest BCUT2D eigenvalue weighted by atomic mass is 9.77. The molecule has 2 fully saturated rings. The van der Waals surface area contributed by atoms with E-state index < -0.39 is 29.5 Å². The van der Waals surface area contributed by atoms with Crippen LogP contribution in [0.25, 0.3) is 0 Å². The maximum Gasteiger partial charge on any atom is 0.310 e. The number of carbonyl (C=O) groups is 2. The molecule has 5 heteroatoms. The number of anilines is 1. The van der Waals surface area contributed by atoms with Crippen molar-refractivity contribution in [3.63, 3.8) is 0 Å². The Morgan fingerprint density at radius 3 is 3.00 bits per heavy atom. The van der Waals surface area contributed by atoms with Crippen LogP contribution in [0.1, 0.15) is 5.56 Å². The first kappa shape index (κ1) is 12.6. The standard InChI is InChI=1S/C16H15NO4/c1-9-3-2-4-10(7-9)17-8-16-6-5-11(21-16)12(15(19)20)13(16)14(17)18/h2-7,11-13H,8H2,1H3,(H,19,20)/t11-,12+,13-,16+/m0/s1. The van der Waals surface area contributed by atoms with E-state index in [-0.39, 0.29) is 5.91 Å². The van der Waals surface area contributed by atoms with Gasteiger partial charge in [-0.1, -0.05) is 24.3 Å². The van der Waals surface area contributed by atoms with Gasteiger partial charge in [-0.2, -0.15) is 0 Å². The van der Waals surface area contributed by atoms with Crippen molar-refractivity contribution < 1.29 is 19.4 Å². The van der Waals surface area contributed by atoms with E-state index in [0.29, 0.717) is 6.54 Å². The minimum atomic E-state index is -0.962. The fourth-order valence-corrected chi connectivity index (χ4v) is 3.79. The van der Waals surface area contributed by atoms with Crippen LogP contribution >= 0.6 is 0 Å². The molecule has 1 spiro atoms. The number of aliphatic carboxylic acids is 1. The van der Waals surface area contributed by atoms with E-state index >= 15 is 0 Å². The van der Waals surface area contributed by atoms with Crippen molar-refractivity contribution in [2.45, 2.75) is 18.6 Å². The van der Waals surface area contributed by atoms with E-state index in [0.717, 1.165) is 11.3 Å². The smallest absolute Gasteiger partial charge is 0.310 e. The molecule has 2 saturated heterocycles. The zero-order valence-corrected chi connectivity index (χ0v) is 11.5. The molecule has 3 aliphatic rings. The number of carbonyl (C=O) groups excluding carboxylic acids is 1. The lowest BCUT2D eigenvalue weighted by Crippen LogP contribution is -2.39. The molecule has 0 aliphatic carbocycles. The number of hydrogen-bond acceptors (Lipinski definition) is 3. The Labute approximate surface area is 121 Å². The molecule has 5 nitrogen and oxygen atoms in total. The lowest BCUT2D eigenvalue weighted by molar-refractivity contribution is -0.146. The number of rotatable bonds is 2. The Bertz CT molecular complexity index is 683. The van der Waals surface area contributed by atoms with Crippen molar-refractivity contribution >= 4 is 17.6 Å². The van der Waals surface area contributed by atoms with E-state index in [9.17, 15) is 14.7 Å². The SMILES string of the molecule is Cc1cccc(N2C[C@@]34C=C[C@H](O3)[C@@H](C(=O)O)[C@H]4C2=O)c1. The van der Waals surface area contributed by atoms with E-state index in [4.69, 9.17) is 4.74 Å². The zero-order chi connectivity index (χ0) is 14.8. The summed E-state index contributed by atoms with van der Waals surface area (Å²) in [5.74, 6) is -2.52. The fraction of sp³-hybridized carbons (Fsp3) is 0.375. The summed E-state index contributed by atoms with van der Waals surface area (Å²) in [5.41, 5.74) is 1.09. The van der Waals surface area contributed by atoms with Crippen LogP contribution in [0, 0.1) is 18.8 Å². The van der Waals surface area contributed by atoms with E-state index in [1.54, 1.807) is 11.0 Å². The predicted molar refractivity (Wildman–Crippen MR) is 74.9 cm³/mol. The molecule has 1 aromatic rings. The number of carboxylic acid groups (broad SMARTS) is 1. The Morgan fingerprint density at radius 2 is 2.29 bits per heavy atom. The number of ether oxygens (including phenoxy) is 1. The van der Waals surface area contributed by atoms with Crippen molar-refractivity contribution in [1.82, 2.24) is 0 Å². The molecule has 2 bridgehead atoms. The summed E-state index contributed by atoms with van der Waals surface area (Å²) in [5, 5.41) is 9.41. The van der Waals surface area contributed by atoms with E-state index in [1.165, 1.54) is 0 Å². The summed E-state index contributed by atoms with van der Waals surface area (Å²) in [6.45, 7) is 2.35. The molecular weight excluding hydrogens is 270 g/mol. The summed E-state index contributed by atoms with van der Waals surface area (Å²) in [4.78, 5) is 25.9. The third-order valence-electron chi connectivity index (χ3n) is 4.70. The van der Waals surface area contributed by atoms with Gasteiger partial charge in [0.15, 0.2) is 0 Å². The minimum absolute atomic E-state index is 0.153. The quantitative estimate of drug-likeness (QED) is 0.833. The van der Waals surface area contributed by atoms with Crippen molar-refractivity contribution in [3.8, 4) is 0 Å². The largest absolute Gasteiger partial charge is 0.481 e. The number of hydrogen-bond donors (Lipinski definition) is 1. The molecule has 4 atom stereocenters. The topological polar surface area (TPSA) is 66.8 Å². The normalized spacial score (nSPS) is 36.3. The van der Waals surface area contributed by atoms with Crippen LogP contribution in [0.2, 0.25) is 0 Å². The van der Waals surface area contributed by atoms with Gasteiger partial charge in [0.25, 0.3) is 0 Å². The summed E-state index contributed by atoms with van der Waals surface area (Å²) in [6, 6.07) is 7.66. The van der Waals surface area contributed by atoms with Crippen LogP contribution in [0.3, 0.4) is 0 Å². The average molecular weight is 285 g/mol. The Kier molecular flexibility index (Phi) is 2.37. The second-order valence-corrected chi connectivity index (χ2v) is 6.00. The van der Waals surface area contributed by atoms with Crippen LogP contribution in [0.5, 0.6) is 0 Å². The average Bonchev–Trinajstić information content (AvgIpc) is 3.07. The monoisotopic (exact) mass is 285 g/mol. The van der Waals surface area contributed by atoms with E-state index in [1.807, 2.05) is 37.3 Å². The Morgan fingerprint density at radius 1 is 1.48 bits per heavy atom. The zero-order valence-electron chi connectivity index (χ0n) is 11.5. The molecule has 3 aliphatic heterocycles. The number of amides is 1. The highest BCUT2D eigenvalue weighted by Gasteiger charge is 2.67. The Hall–Kier alpha value is -2.14. The molecule has 108 valence electrons. The van der Waals surface area contributed by atoms with Crippen LogP contribution < -0.4 is 4.90 Å². The molecule has 1 N–H and O–H groups in total. The summed E-state index contributed by atoms with van der Waals surface area (Å²) in [6.07, 6.45) is 3.17. The molecule has 4 rings (SSSR count).